The van der Waals surface area contributed by atoms with Gasteiger partial charge in [0.25, 0.3) is 11.8 Å². The number of alkyl halides is 3. The van der Waals surface area contributed by atoms with E-state index in [0.717, 1.165) is 22.9 Å². The largest absolute Gasteiger partial charge is 0.437 e. The second-order valence-corrected chi connectivity index (χ2v) is 9.35. The highest BCUT2D eigenvalue weighted by Gasteiger charge is 2.39. The van der Waals surface area contributed by atoms with Crippen molar-refractivity contribution in [3.05, 3.63) is 88.1 Å². The van der Waals surface area contributed by atoms with Gasteiger partial charge in [-0.05, 0) is 48.9 Å². The first kappa shape index (κ1) is 27.7. The molecule has 41 heavy (non-hydrogen) atoms. The molecule has 0 aliphatic carbocycles. The van der Waals surface area contributed by atoms with Gasteiger partial charge in [-0.1, -0.05) is 12.1 Å². The number of carbonyl (C=O) groups is 2. The number of hydrogen-bond donors (Lipinski definition) is 1. The summed E-state index contributed by atoms with van der Waals surface area (Å²) in [6.45, 7) is 2.57. The van der Waals surface area contributed by atoms with Crippen molar-refractivity contribution in [2.45, 2.75) is 19.6 Å². The molecule has 210 valence electrons. The zero-order valence-electron chi connectivity index (χ0n) is 21.6. The molecule has 13 heteroatoms. The first-order valence-electron chi connectivity index (χ1n) is 12.5. The molecule has 0 saturated carbocycles. The standard InChI is InChI=1S/C28H22F4N6O3/c1-16-24(25(28(30,31)32)36-38(16)15-18-4-2-17(14-33)3-5-18)35-26(39)21-13-23(27(40)37-8-10-41-11-9-37)34-22-7-6-19(29)12-20(21)22/h2-7,12-13H,8-11,15H2,1H3,(H,35,39). The zero-order valence-corrected chi connectivity index (χ0v) is 21.6. The lowest BCUT2D eigenvalue weighted by molar-refractivity contribution is -0.140. The van der Waals surface area contributed by atoms with Gasteiger partial charge in [0.05, 0.1) is 53.9 Å². The SMILES string of the molecule is Cc1c(NC(=O)c2cc(C(=O)N3CCOCC3)nc3ccc(F)cc23)c(C(F)(F)F)nn1Cc1ccc(C#N)cc1. The third-order valence-electron chi connectivity index (χ3n) is 6.66. The van der Waals surface area contributed by atoms with E-state index in [9.17, 15) is 27.2 Å². The summed E-state index contributed by atoms with van der Waals surface area (Å²) in [5.74, 6) is -2.18. The Morgan fingerprint density at radius 3 is 2.46 bits per heavy atom. The van der Waals surface area contributed by atoms with Gasteiger partial charge < -0.3 is 15.0 Å². The van der Waals surface area contributed by atoms with Crippen molar-refractivity contribution in [3.8, 4) is 6.07 Å². The third kappa shape index (κ3) is 5.73. The quantitative estimate of drug-likeness (QED) is 0.355. The fraction of sp³-hybridized carbons (Fsp3) is 0.250. The van der Waals surface area contributed by atoms with Crippen LogP contribution in [0.2, 0.25) is 0 Å². The lowest BCUT2D eigenvalue weighted by Gasteiger charge is -2.26. The second-order valence-electron chi connectivity index (χ2n) is 9.35. The minimum absolute atomic E-state index is 0.0178. The maximum absolute atomic E-state index is 14.2. The number of morpholine rings is 1. The monoisotopic (exact) mass is 566 g/mol. The number of ether oxygens (including phenoxy) is 1. The highest BCUT2D eigenvalue weighted by molar-refractivity contribution is 6.14. The summed E-state index contributed by atoms with van der Waals surface area (Å²) in [5.41, 5.74) is -1.10. The fourth-order valence-corrected chi connectivity index (χ4v) is 4.51. The van der Waals surface area contributed by atoms with Crippen LogP contribution in [0.4, 0.5) is 23.2 Å². The molecule has 3 heterocycles. The maximum Gasteiger partial charge on any atom is 0.437 e. The average molecular weight is 567 g/mol. The molecule has 1 aliphatic rings. The van der Waals surface area contributed by atoms with E-state index in [0.29, 0.717) is 37.4 Å². The van der Waals surface area contributed by atoms with Crippen LogP contribution in [0.5, 0.6) is 0 Å². The molecule has 1 N–H and O–H groups in total. The van der Waals surface area contributed by atoms with Crippen molar-refractivity contribution in [1.82, 2.24) is 19.7 Å². The van der Waals surface area contributed by atoms with Crippen molar-refractivity contribution in [3.63, 3.8) is 0 Å². The Kier molecular flexibility index (Phi) is 7.42. The number of fused-ring (bicyclic) bond motifs is 1. The number of rotatable bonds is 5. The predicted octanol–water partition coefficient (Wildman–Crippen LogP) is 4.54. The van der Waals surface area contributed by atoms with Gasteiger partial charge >= 0.3 is 6.18 Å². The lowest BCUT2D eigenvalue weighted by Crippen LogP contribution is -2.41. The highest BCUT2D eigenvalue weighted by Crippen LogP contribution is 2.36. The van der Waals surface area contributed by atoms with E-state index in [-0.39, 0.29) is 34.4 Å². The van der Waals surface area contributed by atoms with Crippen LogP contribution in [0.25, 0.3) is 10.9 Å². The van der Waals surface area contributed by atoms with Gasteiger partial charge in [-0.3, -0.25) is 14.3 Å². The van der Waals surface area contributed by atoms with Crippen molar-refractivity contribution in [2.75, 3.05) is 31.6 Å². The highest BCUT2D eigenvalue weighted by atomic mass is 19.4. The number of anilines is 1. The topological polar surface area (TPSA) is 113 Å². The molecule has 0 unspecified atom stereocenters. The number of nitriles is 1. The molecule has 0 spiro atoms. The molecule has 4 aromatic rings. The number of benzene rings is 2. The van der Waals surface area contributed by atoms with Crippen molar-refractivity contribution < 1.29 is 31.9 Å². The molecule has 2 amide bonds. The lowest BCUT2D eigenvalue weighted by atomic mass is 10.1. The van der Waals surface area contributed by atoms with E-state index < -0.39 is 35.2 Å². The number of amides is 2. The Morgan fingerprint density at radius 2 is 1.80 bits per heavy atom. The Labute approximate surface area is 230 Å². The summed E-state index contributed by atoms with van der Waals surface area (Å²) >= 11 is 0. The van der Waals surface area contributed by atoms with Gasteiger partial charge in [-0.25, -0.2) is 9.37 Å². The summed E-state index contributed by atoms with van der Waals surface area (Å²) in [7, 11) is 0. The number of nitrogens with zero attached hydrogens (tertiary/aromatic N) is 5. The summed E-state index contributed by atoms with van der Waals surface area (Å²) < 4.78 is 62.6. The van der Waals surface area contributed by atoms with Crippen molar-refractivity contribution in [2.24, 2.45) is 0 Å². The van der Waals surface area contributed by atoms with Crippen LogP contribution in [0.3, 0.4) is 0 Å². The number of aromatic nitrogens is 3. The molecule has 9 nitrogen and oxygen atoms in total. The number of hydrogen-bond acceptors (Lipinski definition) is 6. The smallest absolute Gasteiger partial charge is 0.378 e. The van der Waals surface area contributed by atoms with Gasteiger partial charge in [0.15, 0.2) is 5.69 Å². The number of carbonyl (C=O) groups excluding carboxylic acids is 2. The molecule has 1 fully saturated rings. The van der Waals surface area contributed by atoms with E-state index in [1.165, 1.54) is 30.0 Å². The van der Waals surface area contributed by atoms with Crippen LogP contribution in [-0.2, 0) is 17.5 Å². The van der Waals surface area contributed by atoms with Gasteiger partial charge in [0.1, 0.15) is 11.5 Å². The van der Waals surface area contributed by atoms with Crippen LogP contribution in [-0.4, -0.2) is 57.8 Å². The van der Waals surface area contributed by atoms with Crippen LogP contribution in [0.15, 0.2) is 48.5 Å². The first-order chi connectivity index (χ1) is 19.5. The molecule has 2 aromatic heterocycles. The van der Waals surface area contributed by atoms with Crippen LogP contribution < -0.4 is 5.32 Å². The first-order valence-corrected chi connectivity index (χ1v) is 12.5. The number of nitrogens with one attached hydrogen (secondary N) is 1. The third-order valence-corrected chi connectivity index (χ3v) is 6.66. The van der Waals surface area contributed by atoms with E-state index in [1.807, 2.05) is 6.07 Å². The van der Waals surface area contributed by atoms with Crippen LogP contribution in [0, 0.1) is 24.1 Å². The minimum atomic E-state index is -4.91. The summed E-state index contributed by atoms with van der Waals surface area (Å²) in [6, 6.07) is 12.8. The van der Waals surface area contributed by atoms with Crippen LogP contribution >= 0.6 is 0 Å². The van der Waals surface area contributed by atoms with Gasteiger partial charge in [-0.2, -0.15) is 23.5 Å². The fourth-order valence-electron chi connectivity index (χ4n) is 4.51. The van der Waals surface area contributed by atoms with E-state index in [4.69, 9.17) is 10.00 Å². The second kappa shape index (κ2) is 11.0. The van der Waals surface area contributed by atoms with E-state index in [2.05, 4.69) is 15.4 Å². The van der Waals surface area contributed by atoms with Gasteiger partial charge in [0.2, 0.25) is 0 Å². The molecular weight excluding hydrogens is 544 g/mol. The molecular formula is C28H22F4N6O3. The van der Waals surface area contributed by atoms with E-state index in [1.54, 1.807) is 12.1 Å². The minimum Gasteiger partial charge on any atom is -0.378 e. The molecule has 1 saturated heterocycles. The molecule has 5 rings (SSSR count). The van der Waals surface area contributed by atoms with Crippen molar-refractivity contribution >= 4 is 28.4 Å². The predicted molar refractivity (Wildman–Crippen MR) is 139 cm³/mol. The Hall–Kier alpha value is -4.83. The summed E-state index contributed by atoms with van der Waals surface area (Å²) in [4.78, 5) is 32.4. The average Bonchev–Trinajstić information content (AvgIpc) is 3.27. The number of halogens is 4. The molecule has 0 bridgehead atoms. The normalized spacial score (nSPS) is 13.7. The molecule has 1 aliphatic heterocycles. The van der Waals surface area contributed by atoms with Crippen molar-refractivity contribution in [1.29, 1.82) is 5.26 Å². The summed E-state index contributed by atoms with van der Waals surface area (Å²) in [5, 5.41) is 15.0. The Bertz CT molecular complexity index is 1690. The number of pyridine rings is 1. The molecule has 0 radical (unpaired) electrons. The summed E-state index contributed by atoms with van der Waals surface area (Å²) in [6.07, 6.45) is -4.91. The van der Waals surface area contributed by atoms with E-state index >= 15 is 0 Å². The van der Waals surface area contributed by atoms with Gasteiger partial charge in [0, 0.05) is 18.5 Å². The van der Waals surface area contributed by atoms with Crippen LogP contribution in [0.1, 0.15) is 43.4 Å². The molecule has 0 atom stereocenters. The Morgan fingerprint density at radius 1 is 1.10 bits per heavy atom. The zero-order chi connectivity index (χ0) is 29.3. The Balaban J connectivity index is 1.53. The maximum atomic E-state index is 14.2. The van der Waals surface area contributed by atoms with Gasteiger partial charge in [-0.15, -0.1) is 0 Å². The molecule has 2 aromatic carbocycles.